The van der Waals surface area contributed by atoms with Crippen molar-refractivity contribution in [3.8, 4) is 0 Å². The number of ether oxygens (including phenoxy) is 1. The van der Waals surface area contributed by atoms with Crippen LogP contribution in [0.2, 0.25) is 0 Å². The summed E-state index contributed by atoms with van der Waals surface area (Å²) in [5.74, 6) is 0. The number of hydrogen-bond donors (Lipinski definition) is 0. The van der Waals surface area contributed by atoms with Crippen molar-refractivity contribution in [3.05, 3.63) is 35.4 Å². The summed E-state index contributed by atoms with van der Waals surface area (Å²) in [5, 5.41) is 0. The average Bonchev–Trinajstić information content (AvgIpc) is 2.78. The Morgan fingerprint density at radius 1 is 1.24 bits per heavy atom. The molecule has 0 amide bonds. The standard InChI is InChI=1S/C12H12F3NO/c1-17-11(7-2-8-16-11)9-3-5-10(6-4-9)12(13,14)15/h3-6,8H,2,7H2,1H3. The Labute approximate surface area is 97.1 Å². The lowest BCUT2D eigenvalue weighted by molar-refractivity contribution is -0.137. The summed E-state index contributed by atoms with van der Waals surface area (Å²) in [6, 6.07) is 4.97. The van der Waals surface area contributed by atoms with E-state index in [1.165, 1.54) is 19.2 Å². The molecule has 0 radical (unpaired) electrons. The normalized spacial score (nSPS) is 24.2. The molecule has 0 saturated heterocycles. The Hall–Kier alpha value is -1.36. The van der Waals surface area contributed by atoms with E-state index in [-0.39, 0.29) is 0 Å². The van der Waals surface area contributed by atoms with Crippen LogP contribution < -0.4 is 0 Å². The third kappa shape index (κ3) is 2.20. The summed E-state index contributed by atoms with van der Waals surface area (Å²) in [6.07, 6.45) is -1.14. The molecule has 0 N–H and O–H groups in total. The molecular formula is C12H12F3NO. The summed E-state index contributed by atoms with van der Waals surface area (Å²) >= 11 is 0. The number of rotatable bonds is 2. The highest BCUT2D eigenvalue weighted by molar-refractivity contribution is 5.61. The van der Waals surface area contributed by atoms with Crippen molar-refractivity contribution in [2.45, 2.75) is 24.7 Å². The molecule has 1 atom stereocenters. The van der Waals surface area contributed by atoms with E-state index >= 15 is 0 Å². The summed E-state index contributed by atoms with van der Waals surface area (Å²) in [7, 11) is 1.51. The highest BCUT2D eigenvalue weighted by Gasteiger charge is 2.35. The molecule has 0 bridgehead atoms. The summed E-state index contributed by atoms with van der Waals surface area (Å²) in [5.41, 5.74) is -0.805. The third-order valence-corrected chi connectivity index (χ3v) is 2.91. The topological polar surface area (TPSA) is 21.6 Å². The Bertz CT molecular complexity index is 424. The average molecular weight is 243 g/mol. The number of alkyl halides is 3. The second-order valence-corrected chi connectivity index (χ2v) is 3.91. The molecule has 1 unspecified atom stereocenters. The van der Waals surface area contributed by atoms with Gasteiger partial charge in [0.2, 0.25) is 0 Å². The highest BCUT2D eigenvalue weighted by atomic mass is 19.4. The van der Waals surface area contributed by atoms with Gasteiger partial charge >= 0.3 is 6.18 Å². The van der Waals surface area contributed by atoms with Crippen molar-refractivity contribution in [2.75, 3.05) is 7.11 Å². The predicted octanol–water partition coefficient (Wildman–Crippen LogP) is 3.37. The number of methoxy groups -OCH3 is 1. The minimum atomic E-state index is -4.31. The number of benzene rings is 1. The van der Waals surface area contributed by atoms with E-state index in [1.807, 2.05) is 0 Å². The van der Waals surface area contributed by atoms with Gasteiger partial charge in [-0.25, -0.2) is 0 Å². The van der Waals surface area contributed by atoms with Crippen LogP contribution in [0, 0.1) is 0 Å². The van der Waals surface area contributed by atoms with Crippen LogP contribution in [0.1, 0.15) is 24.0 Å². The molecule has 5 heteroatoms. The first kappa shape index (κ1) is 12.1. The first-order chi connectivity index (χ1) is 7.98. The minimum absolute atomic E-state index is 0.654. The molecular weight excluding hydrogens is 231 g/mol. The Balaban J connectivity index is 2.32. The maximum Gasteiger partial charge on any atom is 0.416 e. The lowest BCUT2D eigenvalue weighted by atomic mass is 9.99. The SMILES string of the molecule is COC1(c2ccc(C(F)(F)F)cc2)CCC=N1. The van der Waals surface area contributed by atoms with E-state index < -0.39 is 17.5 Å². The molecule has 0 aliphatic carbocycles. The zero-order chi connectivity index (χ0) is 12.5. The van der Waals surface area contributed by atoms with Gasteiger partial charge in [-0.3, -0.25) is 4.99 Å². The lowest BCUT2D eigenvalue weighted by Crippen LogP contribution is -2.23. The van der Waals surface area contributed by atoms with Crippen LogP contribution in [-0.4, -0.2) is 13.3 Å². The van der Waals surface area contributed by atoms with Crippen LogP contribution in [0.15, 0.2) is 29.3 Å². The third-order valence-electron chi connectivity index (χ3n) is 2.91. The van der Waals surface area contributed by atoms with Gasteiger partial charge in [-0.2, -0.15) is 13.2 Å². The zero-order valence-electron chi connectivity index (χ0n) is 9.29. The van der Waals surface area contributed by atoms with Gasteiger partial charge in [0.25, 0.3) is 0 Å². The molecule has 2 rings (SSSR count). The number of aliphatic imine (C=N–C) groups is 1. The van der Waals surface area contributed by atoms with Crippen molar-refractivity contribution in [1.29, 1.82) is 0 Å². The molecule has 2 nitrogen and oxygen atoms in total. The van der Waals surface area contributed by atoms with E-state index in [1.54, 1.807) is 6.21 Å². The Kier molecular flexibility index (Phi) is 2.95. The molecule has 1 aromatic carbocycles. The predicted molar refractivity (Wildman–Crippen MR) is 57.9 cm³/mol. The quantitative estimate of drug-likeness (QED) is 0.780. The van der Waals surface area contributed by atoms with Crippen molar-refractivity contribution in [1.82, 2.24) is 0 Å². The van der Waals surface area contributed by atoms with Gasteiger partial charge in [-0.05, 0) is 18.6 Å². The second kappa shape index (κ2) is 4.14. The monoisotopic (exact) mass is 243 g/mol. The molecule has 0 fully saturated rings. The molecule has 0 spiro atoms. The van der Waals surface area contributed by atoms with Crippen molar-refractivity contribution < 1.29 is 17.9 Å². The molecule has 1 aliphatic heterocycles. The van der Waals surface area contributed by atoms with Crippen LogP contribution in [-0.2, 0) is 16.6 Å². The van der Waals surface area contributed by atoms with Crippen LogP contribution >= 0.6 is 0 Å². The van der Waals surface area contributed by atoms with E-state index in [4.69, 9.17) is 4.74 Å². The molecule has 0 aromatic heterocycles. The fraction of sp³-hybridized carbons (Fsp3) is 0.417. The summed E-state index contributed by atoms with van der Waals surface area (Å²) < 4.78 is 42.6. The fourth-order valence-electron chi connectivity index (χ4n) is 1.95. The first-order valence-corrected chi connectivity index (χ1v) is 5.24. The molecule has 17 heavy (non-hydrogen) atoms. The van der Waals surface area contributed by atoms with Gasteiger partial charge in [-0.1, -0.05) is 12.1 Å². The minimum Gasteiger partial charge on any atom is -0.353 e. The molecule has 92 valence electrons. The van der Waals surface area contributed by atoms with Crippen molar-refractivity contribution in [2.24, 2.45) is 4.99 Å². The van der Waals surface area contributed by atoms with Gasteiger partial charge < -0.3 is 4.74 Å². The lowest BCUT2D eigenvalue weighted by Gasteiger charge is -2.25. The highest BCUT2D eigenvalue weighted by Crippen LogP contribution is 2.37. The molecule has 1 aromatic rings. The van der Waals surface area contributed by atoms with Crippen LogP contribution in [0.5, 0.6) is 0 Å². The second-order valence-electron chi connectivity index (χ2n) is 3.91. The smallest absolute Gasteiger partial charge is 0.353 e. The number of nitrogens with zero attached hydrogens (tertiary/aromatic N) is 1. The van der Waals surface area contributed by atoms with Crippen LogP contribution in [0.4, 0.5) is 13.2 Å². The van der Waals surface area contributed by atoms with E-state index in [0.717, 1.165) is 18.6 Å². The maximum atomic E-state index is 12.4. The van der Waals surface area contributed by atoms with Gasteiger partial charge in [0.05, 0.1) is 5.56 Å². The van der Waals surface area contributed by atoms with Crippen molar-refractivity contribution >= 4 is 6.21 Å². The fourth-order valence-corrected chi connectivity index (χ4v) is 1.95. The number of hydrogen-bond acceptors (Lipinski definition) is 2. The number of halogens is 3. The van der Waals surface area contributed by atoms with E-state index in [2.05, 4.69) is 4.99 Å². The van der Waals surface area contributed by atoms with Gasteiger partial charge in [0.15, 0.2) is 5.72 Å². The Morgan fingerprint density at radius 2 is 1.88 bits per heavy atom. The molecule has 1 aliphatic rings. The first-order valence-electron chi connectivity index (χ1n) is 5.24. The molecule has 0 saturated carbocycles. The van der Waals surface area contributed by atoms with Gasteiger partial charge in [0, 0.05) is 25.3 Å². The zero-order valence-corrected chi connectivity index (χ0v) is 9.29. The van der Waals surface area contributed by atoms with Gasteiger partial charge in [0.1, 0.15) is 0 Å². The Morgan fingerprint density at radius 3 is 2.29 bits per heavy atom. The van der Waals surface area contributed by atoms with Gasteiger partial charge in [-0.15, -0.1) is 0 Å². The largest absolute Gasteiger partial charge is 0.416 e. The van der Waals surface area contributed by atoms with E-state index in [0.29, 0.717) is 12.0 Å². The van der Waals surface area contributed by atoms with Crippen LogP contribution in [0.3, 0.4) is 0 Å². The molecule has 1 heterocycles. The van der Waals surface area contributed by atoms with E-state index in [9.17, 15) is 13.2 Å². The maximum absolute atomic E-state index is 12.4. The summed E-state index contributed by atoms with van der Waals surface area (Å²) in [6.45, 7) is 0. The summed E-state index contributed by atoms with van der Waals surface area (Å²) in [4.78, 5) is 4.22. The van der Waals surface area contributed by atoms with Crippen molar-refractivity contribution in [3.63, 3.8) is 0 Å². The van der Waals surface area contributed by atoms with Crippen LogP contribution in [0.25, 0.3) is 0 Å².